The molecular formula is C16H25NO4. The van der Waals surface area contributed by atoms with Gasteiger partial charge in [-0.15, -0.1) is 0 Å². The fraction of sp³-hybridized carbons (Fsp3) is 0.625. The van der Waals surface area contributed by atoms with Crippen molar-refractivity contribution >= 4 is 0 Å². The molecule has 5 nitrogen and oxygen atoms in total. The second-order valence-corrected chi connectivity index (χ2v) is 5.50. The van der Waals surface area contributed by atoms with Crippen LogP contribution in [0.4, 0.5) is 0 Å². The van der Waals surface area contributed by atoms with Crippen molar-refractivity contribution in [1.29, 1.82) is 0 Å². The first-order valence-corrected chi connectivity index (χ1v) is 7.59. The van der Waals surface area contributed by atoms with Crippen molar-refractivity contribution in [3.63, 3.8) is 0 Å². The van der Waals surface area contributed by atoms with Gasteiger partial charge in [0.2, 0.25) is 0 Å². The molecule has 1 aromatic rings. The lowest BCUT2D eigenvalue weighted by molar-refractivity contribution is 0.0552. The molecule has 118 valence electrons. The standard InChI is InChI=1S/C16H25NO4/c18-8-6-17(7-9-19)11-15(20)12-21-16-5-4-13-2-1-3-14(13)10-16/h4-5,10,15,18-20H,1-3,6-9,11-12H2. The number of hydrogen-bond acceptors (Lipinski definition) is 5. The summed E-state index contributed by atoms with van der Waals surface area (Å²) in [6.07, 6.45) is 2.82. The quantitative estimate of drug-likeness (QED) is 0.607. The molecule has 2 rings (SSSR count). The van der Waals surface area contributed by atoms with E-state index < -0.39 is 6.10 Å². The highest BCUT2D eigenvalue weighted by Gasteiger charge is 2.14. The molecule has 0 saturated heterocycles. The first-order chi connectivity index (χ1) is 10.2. The summed E-state index contributed by atoms with van der Waals surface area (Å²) in [6.45, 7) is 1.50. The first kappa shape index (κ1) is 16.2. The molecule has 1 aliphatic rings. The van der Waals surface area contributed by atoms with Gasteiger partial charge in [0.25, 0.3) is 0 Å². The maximum absolute atomic E-state index is 10.00. The van der Waals surface area contributed by atoms with E-state index in [-0.39, 0.29) is 19.8 Å². The van der Waals surface area contributed by atoms with E-state index in [9.17, 15) is 5.11 Å². The zero-order valence-corrected chi connectivity index (χ0v) is 12.4. The Balaban J connectivity index is 1.79. The summed E-state index contributed by atoms with van der Waals surface area (Å²) < 4.78 is 5.65. The highest BCUT2D eigenvalue weighted by molar-refractivity contribution is 5.38. The number of aliphatic hydroxyl groups excluding tert-OH is 3. The third kappa shape index (κ3) is 4.97. The monoisotopic (exact) mass is 295 g/mol. The van der Waals surface area contributed by atoms with Gasteiger partial charge in [-0.1, -0.05) is 6.07 Å². The average Bonchev–Trinajstić information content (AvgIpc) is 2.93. The van der Waals surface area contributed by atoms with Crippen LogP contribution in [0.25, 0.3) is 0 Å². The number of rotatable bonds is 9. The zero-order chi connectivity index (χ0) is 15.1. The van der Waals surface area contributed by atoms with Crippen LogP contribution in [0.15, 0.2) is 18.2 Å². The minimum Gasteiger partial charge on any atom is -0.491 e. The molecule has 0 spiro atoms. The van der Waals surface area contributed by atoms with Crippen molar-refractivity contribution in [3.05, 3.63) is 29.3 Å². The molecule has 0 radical (unpaired) electrons. The van der Waals surface area contributed by atoms with Gasteiger partial charge in [-0.3, -0.25) is 4.90 Å². The Morgan fingerprint density at radius 2 is 1.81 bits per heavy atom. The summed E-state index contributed by atoms with van der Waals surface area (Å²) in [5.74, 6) is 0.797. The van der Waals surface area contributed by atoms with Crippen molar-refractivity contribution in [1.82, 2.24) is 4.90 Å². The molecule has 1 aromatic carbocycles. The predicted octanol–water partition coefficient (Wildman–Crippen LogP) is 0.202. The Morgan fingerprint density at radius 3 is 2.52 bits per heavy atom. The van der Waals surface area contributed by atoms with E-state index in [0.717, 1.165) is 18.6 Å². The van der Waals surface area contributed by atoms with Crippen LogP contribution in [0.3, 0.4) is 0 Å². The van der Waals surface area contributed by atoms with Crippen LogP contribution in [0.1, 0.15) is 17.5 Å². The Hall–Kier alpha value is -1.14. The third-order valence-electron chi connectivity index (χ3n) is 3.81. The largest absolute Gasteiger partial charge is 0.491 e. The minimum absolute atomic E-state index is 0.0123. The molecule has 1 atom stereocenters. The number of fused-ring (bicyclic) bond motifs is 1. The van der Waals surface area contributed by atoms with Crippen molar-refractivity contribution in [3.8, 4) is 5.75 Å². The highest BCUT2D eigenvalue weighted by atomic mass is 16.5. The van der Waals surface area contributed by atoms with Crippen molar-refractivity contribution < 1.29 is 20.1 Å². The number of hydrogen-bond donors (Lipinski definition) is 3. The lowest BCUT2D eigenvalue weighted by atomic mass is 10.1. The molecule has 0 aromatic heterocycles. The van der Waals surface area contributed by atoms with Crippen molar-refractivity contribution in [2.24, 2.45) is 0 Å². The average molecular weight is 295 g/mol. The topological polar surface area (TPSA) is 73.2 Å². The van der Waals surface area contributed by atoms with Gasteiger partial charge in [0.1, 0.15) is 18.5 Å². The van der Waals surface area contributed by atoms with Gasteiger partial charge in [0, 0.05) is 19.6 Å². The van der Waals surface area contributed by atoms with Crippen LogP contribution < -0.4 is 4.74 Å². The molecule has 0 fully saturated rings. The lowest BCUT2D eigenvalue weighted by Gasteiger charge is -2.23. The van der Waals surface area contributed by atoms with Crippen LogP contribution in [-0.4, -0.2) is 65.8 Å². The zero-order valence-electron chi connectivity index (χ0n) is 12.4. The van der Waals surface area contributed by atoms with Gasteiger partial charge in [0.05, 0.1) is 13.2 Å². The number of benzene rings is 1. The van der Waals surface area contributed by atoms with E-state index in [1.54, 1.807) is 0 Å². The van der Waals surface area contributed by atoms with Gasteiger partial charge in [-0.25, -0.2) is 0 Å². The molecule has 0 heterocycles. The minimum atomic E-state index is -0.642. The molecule has 21 heavy (non-hydrogen) atoms. The van der Waals surface area contributed by atoms with Crippen LogP contribution in [0.5, 0.6) is 5.75 Å². The van der Waals surface area contributed by atoms with Crippen molar-refractivity contribution in [2.75, 3.05) is 39.5 Å². The SMILES string of the molecule is OCCN(CCO)CC(O)COc1ccc2c(c1)CCC2. The fourth-order valence-electron chi connectivity index (χ4n) is 2.76. The van der Waals surface area contributed by atoms with Gasteiger partial charge < -0.3 is 20.1 Å². The summed E-state index contributed by atoms with van der Waals surface area (Å²) in [5, 5.41) is 27.9. The van der Waals surface area contributed by atoms with E-state index in [2.05, 4.69) is 12.1 Å². The molecule has 3 N–H and O–H groups in total. The number of aryl methyl sites for hydroxylation is 2. The molecule has 1 unspecified atom stereocenters. The van der Waals surface area contributed by atoms with Gasteiger partial charge in [-0.05, 0) is 42.5 Å². The number of aliphatic hydroxyl groups is 3. The highest BCUT2D eigenvalue weighted by Crippen LogP contribution is 2.26. The number of ether oxygens (including phenoxy) is 1. The smallest absolute Gasteiger partial charge is 0.119 e. The van der Waals surface area contributed by atoms with Crippen molar-refractivity contribution in [2.45, 2.75) is 25.4 Å². The third-order valence-corrected chi connectivity index (χ3v) is 3.81. The van der Waals surface area contributed by atoms with Crippen LogP contribution in [0.2, 0.25) is 0 Å². The Morgan fingerprint density at radius 1 is 1.10 bits per heavy atom. The molecule has 1 aliphatic carbocycles. The van der Waals surface area contributed by atoms with Gasteiger partial charge >= 0.3 is 0 Å². The molecule has 0 amide bonds. The van der Waals surface area contributed by atoms with Crippen LogP contribution in [-0.2, 0) is 12.8 Å². The van der Waals surface area contributed by atoms with E-state index in [4.69, 9.17) is 14.9 Å². The fourth-order valence-corrected chi connectivity index (χ4v) is 2.76. The summed E-state index contributed by atoms with van der Waals surface area (Å²) >= 11 is 0. The molecular weight excluding hydrogens is 270 g/mol. The Labute approximate surface area is 125 Å². The normalized spacial score (nSPS) is 15.2. The summed E-state index contributed by atoms with van der Waals surface area (Å²) in [6, 6.07) is 6.12. The molecule has 0 saturated carbocycles. The van der Waals surface area contributed by atoms with Crippen LogP contribution in [0, 0.1) is 0 Å². The lowest BCUT2D eigenvalue weighted by Crippen LogP contribution is -2.38. The van der Waals surface area contributed by atoms with E-state index in [1.807, 2.05) is 11.0 Å². The second-order valence-electron chi connectivity index (χ2n) is 5.50. The maximum Gasteiger partial charge on any atom is 0.119 e. The van der Waals surface area contributed by atoms with Gasteiger partial charge in [0.15, 0.2) is 0 Å². The summed E-state index contributed by atoms with van der Waals surface area (Å²) in [4.78, 5) is 1.82. The summed E-state index contributed by atoms with van der Waals surface area (Å²) in [7, 11) is 0. The Kier molecular flexibility index (Phi) is 6.45. The molecule has 0 aliphatic heterocycles. The van der Waals surface area contributed by atoms with E-state index in [0.29, 0.717) is 19.6 Å². The molecule has 0 bridgehead atoms. The molecule has 5 heteroatoms. The van der Waals surface area contributed by atoms with Crippen LogP contribution >= 0.6 is 0 Å². The van der Waals surface area contributed by atoms with E-state index >= 15 is 0 Å². The summed E-state index contributed by atoms with van der Waals surface area (Å²) in [5.41, 5.74) is 2.75. The van der Waals surface area contributed by atoms with E-state index in [1.165, 1.54) is 17.5 Å². The van der Waals surface area contributed by atoms with Gasteiger partial charge in [-0.2, -0.15) is 0 Å². The first-order valence-electron chi connectivity index (χ1n) is 7.59. The Bertz CT molecular complexity index is 432. The second kappa shape index (κ2) is 8.34. The predicted molar refractivity (Wildman–Crippen MR) is 80.6 cm³/mol. The maximum atomic E-state index is 10.00. The number of nitrogens with zero attached hydrogens (tertiary/aromatic N) is 1.